The molecule has 2 atom stereocenters. The van der Waals surface area contributed by atoms with E-state index in [-0.39, 0.29) is 17.3 Å². The number of anilines is 1. The zero-order valence-electron chi connectivity index (χ0n) is 11.5. The highest BCUT2D eigenvalue weighted by molar-refractivity contribution is 5.88. The van der Waals surface area contributed by atoms with Gasteiger partial charge in [0.2, 0.25) is 0 Å². The first-order valence-electron chi connectivity index (χ1n) is 6.96. The van der Waals surface area contributed by atoms with Crippen molar-refractivity contribution in [3.05, 3.63) is 29.3 Å². The number of carbonyl (C=O) groups is 1. The van der Waals surface area contributed by atoms with Crippen molar-refractivity contribution in [1.82, 2.24) is 0 Å². The molecule has 3 nitrogen and oxygen atoms in total. The molecule has 1 aromatic rings. The SMILES string of the molecule is CC1CCCC(Nc2c(F)cc(C(=O)O)cc2F)CC1. The highest BCUT2D eigenvalue weighted by atomic mass is 19.1. The van der Waals surface area contributed by atoms with Crippen LogP contribution < -0.4 is 5.32 Å². The lowest BCUT2D eigenvalue weighted by Gasteiger charge is -2.19. The van der Waals surface area contributed by atoms with E-state index in [0.717, 1.165) is 44.2 Å². The van der Waals surface area contributed by atoms with Crippen LogP contribution in [0.15, 0.2) is 12.1 Å². The van der Waals surface area contributed by atoms with Gasteiger partial charge in [-0.1, -0.05) is 19.8 Å². The number of hydrogen-bond acceptors (Lipinski definition) is 2. The second-order valence-corrected chi connectivity index (χ2v) is 5.57. The van der Waals surface area contributed by atoms with Gasteiger partial charge in [0.25, 0.3) is 0 Å². The fourth-order valence-electron chi connectivity index (χ4n) is 2.67. The van der Waals surface area contributed by atoms with Crippen LogP contribution in [0.1, 0.15) is 49.4 Å². The number of carboxylic acid groups (broad SMARTS) is 1. The quantitative estimate of drug-likeness (QED) is 0.823. The Hall–Kier alpha value is -1.65. The van der Waals surface area contributed by atoms with Crippen LogP contribution in [0.2, 0.25) is 0 Å². The summed E-state index contributed by atoms with van der Waals surface area (Å²) in [5.74, 6) is -2.39. The summed E-state index contributed by atoms with van der Waals surface area (Å²) in [6, 6.07) is 1.75. The molecule has 0 heterocycles. The van der Waals surface area contributed by atoms with Gasteiger partial charge < -0.3 is 10.4 Å². The molecule has 1 fully saturated rings. The summed E-state index contributed by atoms with van der Waals surface area (Å²) >= 11 is 0. The first-order valence-corrected chi connectivity index (χ1v) is 6.96. The van der Waals surface area contributed by atoms with E-state index in [0.29, 0.717) is 5.92 Å². The van der Waals surface area contributed by atoms with Crippen molar-refractivity contribution in [3.63, 3.8) is 0 Å². The van der Waals surface area contributed by atoms with Gasteiger partial charge in [0.15, 0.2) is 0 Å². The van der Waals surface area contributed by atoms with Gasteiger partial charge in [-0.3, -0.25) is 0 Å². The largest absolute Gasteiger partial charge is 0.478 e. The normalized spacial score (nSPS) is 23.1. The molecule has 2 N–H and O–H groups in total. The van der Waals surface area contributed by atoms with E-state index in [2.05, 4.69) is 12.2 Å². The Morgan fingerprint density at radius 3 is 2.45 bits per heavy atom. The molecule has 0 aromatic heterocycles. The number of aromatic carboxylic acids is 1. The van der Waals surface area contributed by atoms with E-state index in [9.17, 15) is 13.6 Å². The summed E-state index contributed by atoms with van der Waals surface area (Å²) < 4.78 is 27.7. The molecule has 1 aliphatic rings. The smallest absolute Gasteiger partial charge is 0.335 e. The van der Waals surface area contributed by atoms with Crippen molar-refractivity contribution in [1.29, 1.82) is 0 Å². The van der Waals surface area contributed by atoms with Gasteiger partial charge >= 0.3 is 5.97 Å². The Bertz CT molecular complexity index is 482. The summed E-state index contributed by atoms with van der Waals surface area (Å²) in [6.07, 6.45) is 4.97. The Labute approximate surface area is 117 Å². The van der Waals surface area contributed by atoms with Crippen molar-refractivity contribution in [3.8, 4) is 0 Å². The third-order valence-electron chi connectivity index (χ3n) is 3.89. The lowest BCUT2D eigenvalue weighted by atomic mass is 10.0. The monoisotopic (exact) mass is 283 g/mol. The van der Waals surface area contributed by atoms with E-state index in [1.54, 1.807) is 0 Å². The van der Waals surface area contributed by atoms with Crippen molar-refractivity contribution in [2.45, 2.75) is 45.1 Å². The zero-order chi connectivity index (χ0) is 14.7. The Morgan fingerprint density at radius 1 is 1.20 bits per heavy atom. The standard InChI is InChI=1S/C15H19F2NO2/c1-9-3-2-4-11(6-5-9)18-14-12(16)7-10(15(19)20)8-13(14)17/h7-9,11,18H,2-6H2,1H3,(H,19,20). The third-order valence-corrected chi connectivity index (χ3v) is 3.89. The molecule has 0 saturated heterocycles. The maximum Gasteiger partial charge on any atom is 0.335 e. The molecule has 2 rings (SSSR count). The second kappa shape index (κ2) is 6.20. The van der Waals surface area contributed by atoms with Gasteiger partial charge in [-0.25, -0.2) is 13.6 Å². The van der Waals surface area contributed by atoms with E-state index in [4.69, 9.17) is 5.11 Å². The van der Waals surface area contributed by atoms with Gasteiger partial charge in [0, 0.05) is 6.04 Å². The van der Waals surface area contributed by atoms with Crippen molar-refractivity contribution >= 4 is 11.7 Å². The second-order valence-electron chi connectivity index (χ2n) is 5.57. The molecule has 0 aliphatic heterocycles. The number of benzene rings is 1. The molecule has 0 spiro atoms. The molecule has 0 amide bonds. The molecular formula is C15H19F2NO2. The van der Waals surface area contributed by atoms with Crippen molar-refractivity contribution in [2.24, 2.45) is 5.92 Å². The summed E-state index contributed by atoms with van der Waals surface area (Å²) in [5, 5.41) is 11.7. The molecule has 20 heavy (non-hydrogen) atoms. The number of rotatable bonds is 3. The fourth-order valence-corrected chi connectivity index (χ4v) is 2.67. The van der Waals surface area contributed by atoms with Crippen molar-refractivity contribution < 1.29 is 18.7 Å². The first kappa shape index (κ1) is 14.8. The van der Waals surface area contributed by atoms with Crippen LogP contribution in [0.3, 0.4) is 0 Å². The van der Waals surface area contributed by atoms with E-state index in [1.165, 1.54) is 0 Å². The highest BCUT2D eigenvalue weighted by Gasteiger charge is 2.20. The Balaban J connectivity index is 2.14. The van der Waals surface area contributed by atoms with Gasteiger partial charge in [0.1, 0.15) is 17.3 Å². The summed E-state index contributed by atoms with van der Waals surface area (Å²) in [5.41, 5.74) is -0.588. The van der Waals surface area contributed by atoms with Crippen LogP contribution in [-0.4, -0.2) is 17.1 Å². The number of carboxylic acids is 1. The molecule has 1 aliphatic carbocycles. The Morgan fingerprint density at radius 2 is 1.85 bits per heavy atom. The van der Waals surface area contributed by atoms with E-state index in [1.807, 2.05) is 0 Å². The molecule has 110 valence electrons. The number of hydrogen-bond donors (Lipinski definition) is 2. The van der Waals surface area contributed by atoms with Crippen LogP contribution in [0.5, 0.6) is 0 Å². The Kier molecular flexibility index (Phi) is 4.57. The minimum Gasteiger partial charge on any atom is -0.478 e. The van der Waals surface area contributed by atoms with Gasteiger partial charge in [-0.15, -0.1) is 0 Å². The van der Waals surface area contributed by atoms with Crippen molar-refractivity contribution in [2.75, 3.05) is 5.32 Å². The predicted octanol–water partition coefficient (Wildman–Crippen LogP) is 4.04. The van der Waals surface area contributed by atoms with Crippen LogP contribution in [0, 0.1) is 17.6 Å². The lowest BCUT2D eigenvalue weighted by molar-refractivity contribution is 0.0696. The van der Waals surface area contributed by atoms with Crippen LogP contribution in [0.25, 0.3) is 0 Å². The highest BCUT2D eigenvalue weighted by Crippen LogP contribution is 2.28. The van der Waals surface area contributed by atoms with Crippen LogP contribution in [-0.2, 0) is 0 Å². The molecule has 2 unspecified atom stereocenters. The van der Waals surface area contributed by atoms with Crippen LogP contribution >= 0.6 is 0 Å². The van der Waals surface area contributed by atoms with Crippen LogP contribution in [0.4, 0.5) is 14.5 Å². The van der Waals surface area contributed by atoms with Gasteiger partial charge in [-0.05, 0) is 37.3 Å². The topological polar surface area (TPSA) is 49.3 Å². The lowest BCUT2D eigenvalue weighted by Crippen LogP contribution is -2.20. The third kappa shape index (κ3) is 3.46. The summed E-state index contributed by atoms with van der Waals surface area (Å²) in [7, 11) is 0. The first-order chi connectivity index (χ1) is 9.47. The summed E-state index contributed by atoms with van der Waals surface area (Å²) in [4.78, 5) is 10.7. The van der Waals surface area contributed by atoms with E-state index >= 15 is 0 Å². The minimum absolute atomic E-state index is 0.0413. The molecule has 0 radical (unpaired) electrons. The fraction of sp³-hybridized carbons (Fsp3) is 0.533. The predicted molar refractivity (Wildman–Crippen MR) is 73.0 cm³/mol. The van der Waals surface area contributed by atoms with E-state index < -0.39 is 17.6 Å². The average molecular weight is 283 g/mol. The van der Waals surface area contributed by atoms with Gasteiger partial charge in [-0.2, -0.15) is 0 Å². The van der Waals surface area contributed by atoms with Gasteiger partial charge in [0.05, 0.1) is 5.56 Å². The minimum atomic E-state index is -1.34. The molecule has 1 saturated carbocycles. The zero-order valence-corrected chi connectivity index (χ0v) is 11.5. The molecule has 1 aromatic carbocycles. The molecule has 5 heteroatoms. The average Bonchev–Trinajstić information content (AvgIpc) is 2.58. The maximum absolute atomic E-state index is 13.8. The molecular weight excluding hydrogens is 264 g/mol. The summed E-state index contributed by atoms with van der Waals surface area (Å²) in [6.45, 7) is 2.19. The number of nitrogens with one attached hydrogen (secondary N) is 1. The maximum atomic E-state index is 13.8. The molecule has 0 bridgehead atoms. The number of halogens is 2.